The van der Waals surface area contributed by atoms with Gasteiger partial charge in [-0.25, -0.2) is 4.79 Å². The number of aliphatic hydroxyl groups is 1. The number of aryl methyl sites for hydroxylation is 1. The van der Waals surface area contributed by atoms with Crippen LogP contribution in [-0.4, -0.2) is 70.3 Å². The van der Waals surface area contributed by atoms with Crippen molar-refractivity contribution in [2.75, 3.05) is 30.8 Å². The zero-order valence-corrected chi connectivity index (χ0v) is 36.6. The number of nitrogens with two attached hydrogens (primary N) is 1. The van der Waals surface area contributed by atoms with Crippen LogP contribution in [0.1, 0.15) is 80.6 Å². The molecule has 1 fully saturated rings. The van der Waals surface area contributed by atoms with Crippen LogP contribution in [-0.2, 0) is 27.3 Å². The van der Waals surface area contributed by atoms with Crippen LogP contribution >= 0.6 is 24.8 Å². The van der Waals surface area contributed by atoms with Gasteiger partial charge in [0.05, 0.1) is 17.3 Å². The molecule has 3 amide bonds. The second kappa shape index (κ2) is 24.3. The largest absolute Gasteiger partial charge is 0.506 e. The maximum Gasteiger partial charge on any atom is 0.411 e. The van der Waals surface area contributed by atoms with Gasteiger partial charge in [0.1, 0.15) is 11.9 Å². The van der Waals surface area contributed by atoms with Crippen molar-refractivity contribution >= 4 is 65.0 Å². The number of anilines is 2. The third-order valence-corrected chi connectivity index (χ3v) is 11.0. The topological polar surface area (TPSA) is 199 Å². The summed E-state index contributed by atoms with van der Waals surface area (Å²) in [4.78, 5) is 54.6. The lowest BCUT2D eigenvalue weighted by atomic mass is 9.94. The summed E-state index contributed by atoms with van der Waals surface area (Å²) in [5.41, 5.74) is 11.8. The maximum atomic E-state index is 13.0. The molecule has 4 aromatic carbocycles. The Labute approximate surface area is 374 Å². The van der Waals surface area contributed by atoms with E-state index in [2.05, 4.69) is 20.9 Å². The summed E-state index contributed by atoms with van der Waals surface area (Å²) in [5.74, 6) is -0.110. The Morgan fingerprint density at radius 3 is 2.32 bits per heavy atom. The zero-order valence-electron chi connectivity index (χ0n) is 34.9. The van der Waals surface area contributed by atoms with E-state index in [1.165, 1.54) is 12.1 Å². The predicted molar refractivity (Wildman–Crippen MR) is 249 cm³/mol. The van der Waals surface area contributed by atoms with Crippen molar-refractivity contribution in [2.45, 2.75) is 89.0 Å². The van der Waals surface area contributed by atoms with Crippen molar-refractivity contribution in [1.29, 1.82) is 0 Å². The SMILES string of the molecule is CN(CCCCC(=O)Nc1ccc(CNC[C@H](O)c2ccc(O)c3[nH]c(=O)ccc23)cc1)C(=O)CCCc1ccc(-c2ccccc2)c(NC(=O)OC2CCC(N)CC2)c1.Cl.Cl. The van der Waals surface area contributed by atoms with Gasteiger partial charge in [-0.3, -0.25) is 19.7 Å². The number of aromatic nitrogens is 1. The van der Waals surface area contributed by atoms with E-state index in [0.29, 0.717) is 73.9 Å². The number of phenols is 1. The number of nitrogens with one attached hydrogen (secondary N) is 4. The fraction of sp³-hybridized carbons (Fsp3) is 0.362. The first-order chi connectivity index (χ1) is 29.0. The molecule has 0 radical (unpaired) electrons. The lowest BCUT2D eigenvalue weighted by Crippen LogP contribution is -2.32. The summed E-state index contributed by atoms with van der Waals surface area (Å²) >= 11 is 0. The summed E-state index contributed by atoms with van der Waals surface area (Å²) in [6, 6.07) is 29.5. The molecule has 6 rings (SSSR count). The molecule has 62 heavy (non-hydrogen) atoms. The smallest absolute Gasteiger partial charge is 0.411 e. The number of pyridine rings is 1. The molecule has 1 heterocycles. The number of unbranched alkanes of at least 4 members (excludes halogenated alkanes) is 1. The first-order valence-corrected chi connectivity index (χ1v) is 20.8. The minimum atomic E-state index is -0.866. The molecule has 15 heteroatoms. The number of ether oxygens (including phenoxy) is 1. The molecule has 332 valence electrons. The number of aromatic amines is 1. The van der Waals surface area contributed by atoms with Crippen LogP contribution in [0.3, 0.4) is 0 Å². The molecule has 1 aliphatic rings. The van der Waals surface area contributed by atoms with Crippen molar-refractivity contribution < 1.29 is 29.3 Å². The van der Waals surface area contributed by atoms with E-state index >= 15 is 0 Å². The molecule has 0 saturated heterocycles. The van der Waals surface area contributed by atoms with Crippen molar-refractivity contribution in [1.82, 2.24) is 15.2 Å². The van der Waals surface area contributed by atoms with E-state index in [1.807, 2.05) is 72.8 Å². The number of fused-ring (bicyclic) bond motifs is 1. The third-order valence-electron chi connectivity index (χ3n) is 11.0. The third kappa shape index (κ3) is 14.3. The van der Waals surface area contributed by atoms with Crippen LogP contribution in [0.4, 0.5) is 16.2 Å². The number of amides is 3. The molecule has 8 N–H and O–H groups in total. The average Bonchev–Trinajstić information content (AvgIpc) is 3.24. The Morgan fingerprint density at radius 1 is 0.855 bits per heavy atom. The summed E-state index contributed by atoms with van der Waals surface area (Å²) in [6.07, 6.45) is 5.12. The molecule has 0 bridgehead atoms. The van der Waals surface area contributed by atoms with Crippen LogP contribution in [0.2, 0.25) is 0 Å². The minimum absolute atomic E-state index is 0. The molecule has 5 aromatic rings. The maximum absolute atomic E-state index is 13.0. The molecule has 1 atom stereocenters. The van der Waals surface area contributed by atoms with Crippen molar-refractivity contribution in [3.63, 3.8) is 0 Å². The number of nitrogens with zero attached hydrogens (tertiary/aromatic N) is 1. The molecule has 1 aromatic heterocycles. The summed E-state index contributed by atoms with van der Waals surface area (Å²) in [5, 5.41) is 30.6. The van der Waals surface area contributed by atoms with Crippen molar-refractivity contribution in [2.24, 2.45) is 5.73 Å². The van der Waals surface area contributed by atoms with E-state index in [4.69, 9.17) is 10.5 Å². The number of H-pyrrole nitrogens is 1. The minimum Gasteiger partial charge on any atom is -0.506 e. The number of hydrogen-bond donors (Lipinski definition) is 7. The van der Waals surface area contributed by atoms with Gasteiger partial charge < -0.3 is 41.2 Å². The van der Waals surface area contributed by atoms with Crippen LogP contribution in [0.25, 0.3) is 22.0 Å². The number of hydrogen-bond acceptors (Lipinski definition) is 9. The monoisotopic (exact) mass is 888 g/mol. The number of halogens is 2. The van der Waals surface area contributed by atoms with Crippen molar-refractivity contribution in [3.8, 4) is 16.9 Å². The van der Waals surface area contributed by atoms with E-state index < -0.39 is 12.2 Å². The van der Waals surface area contributed by atoms with Gasteiger partial charge in [0.25, 0.3) is 0 Å². The van der Waals surface area contributed by atoms with Gasteiger partial charge in [0.15, 0.2) is 0 Å². The lowest BCUT2D eigenvalue weighted by Gasteiger charge is -2.26. The summed E-state index contributed by atoms with van der Waals surface area (Å²) in [6.45, 7) is 1.29. The van der Waals surface area contributed by atoms with Crippen LogP contribution in [0, 0.1) is 0 Å². The van der Waals surface area contributed by atoms with Gasteiger partial charge >= 0.3 is 6.09 Å². The predicted octanol–water partition coefficient (Wildman–Crippen LogP) is 7.98. The number of carbonyl (C=O) groups is 3. The number of phenolic OH excluding ortho intramolecular Hbond substituents is 1. The Morgan fingerprint density at radius 2 is 1.58 bits per heavy atom. The first kappa shape index (κ1) is 49.2. The van der Waals surface area contributed by atoms with Gasteiger partial charge in [-0.15, -0.1) is 24.8 Å². The number of aromatic hydroxyl groups is 1. The van der Waals surface area contributed by atoms with Crippen molar-refractivity contribution in [3.05, 3.63) is 124 Å². The molecule has 0 aliphatic heterocycles. The Hall–Kier alpha value is -5.44. The fourth-order valence-electron chi connectivity index (χ4n) is 7.55. The standard InChI is InChI=1S/C47H56N6O7.2ClH/c1-53(45(58)12-7-8-31-15-22-37(33-9-3-2-4-10-33)40(28-31)51-47(59)60-36-20-16-34(48)17-21-36)27-6-5-11-43(56)50-35-18-13-32(14-19-35)29-49-30-42(55)38-23-25-41(54)46-39(38)24-26-44(57)52-46;;/h2-4,9-10,13-15,18-19,22-26,28,34,36,42,49,54-55H,5-8,11-12,16-17,20-21,27,29-30,48H2,1H3,(H,50,56)(H,51,59)(H,52,57);2*1H/t34?,36?,42-;;/m0../s1. The van der Waals surface area contributed by atoms with Crippen LogP contribution < -0.4 is 27.2 Å². The number of benzene rings is 4. The van der Waals surface area contributed by atoms with Gasteiger partial charge in [-0.05, 0) is 104 Å². The Bertz CT molecular complexity index is 2290. The van der Waals surface area contributed by atoms with E-state index in [9.17, 15) is 29.4 Å². The van der Waals surface area contributed by atoms with Crippen LogP contribution in [0.15, 0.2) is 102 Å². The molecule has 1 aliphatic carbocycles. The van der Waals surface area contributed by atoms with E-state index in [0.717, 1.165) is 47.9 Å². The molecule has 13 nitrogen and oxygen atoms in total. The molecule has 1 saturated carbocycles. The molecular formula is C47H58Cl2N6O7. The molecular weight excluding hydrogens is 831 g/mol. The summed E-state index contributed by atoms with van der Waals surface area (Å²) in [7, 11) is 1.79. The molecule has 0 unspecified atom stereocenters. The highest BCUT2D eigenvalue weighted by Gasteiger charge is 2.23. The number of aliphatic hydroxyl groups excluding tert-OH is 1. The van der Waals surface area contributed by atoms with Gasteiger partial charge in [-0.1, -0.05) is 60.7 Å². The number of carbonyl (C=O) groups excluding carboxylic acids is 3. The van der Waals surface area contributed by atoms with Gasteiger partial charge in [-0.2, -0.15) is 0 Å². The van der Waals surface area contributed by atoms with E-state index in [-0.39, 0.29) is 72.1 Å². The lowest BCUT2D eigenvalue weighted by molar-refractivity contribution is -0.130. The highest BCUT2D eigenvalue weighted by Crippen LogP contribution is 2.31. The quantitative estimate of drug-likeness (QED) is 0.0427. The normalized spacial score (nSPS) is 15.1. The Balaban J connectivity index is 0.00000422. The second-order valence-corrected chi connectivity index (χ2v) is 15.6. The zero-order chi connectivity index (χ0) is 42.4. The average molecular weight is 890 g/mol. The Kier molecular flexibility index (Phi) is 19.3. The second-order valence-electron chi connectivity index (χ2n) is 15.6. The van der Waals surface area contributed by atoms with E-state index in [1.54, 1.807) is 24.1 Å². The van der Waals surface area contributed by atoms with Gasteiger partial charge in [0, 0.05) is 68.3 Å². The summed E-state index contributed by atoms with van der Waals surface area (Å²) < 4.78 is 5.74. The van der Waals surface area contributed by atoms with Gasteiger partial charge in [0.2, 0.25) is 17.4 Å². The highest BCUT2D eigenvalue weighted by atomic mass is 35.5. The molecule has 0 spiro atoms. The fourth-order valence-corrected chi connectivity index (χ4v) is 7.55. The number of rotatable bonds is 18. The highest BCUT2D eigenvalue weighted by molar-refractivity contribution is 5.92. The van der Waals surface area contributed by atoms with Crippen LogP contribution in [0.5, 0.6) is 5.75 Å². The first-order valence-electron chi connectivity index (χ1n) is 20.8.